The molecule has 10 heteroatoms. The predicted molar refractivity (Wildman–Crippen MR) is 172 cm³/mol. The molecule has 42 heavy (non-hydrogen) atoms. The van der Waals surface area contributed by atoms with Crippen LogP contribution in [0.2, 0.25) is 10.0 Å². The maximum atomic E-state index is 14.3. The number of amides is 2. The number of anilines is 1. The van der Waals surface area contributed by atoms with Crippen molar-refractivity contribution in [2.75, 3.05) is 17.1 Å². The van der Waals surface area contributed by atoms with E-state index in [2.05, 4.69) is 5.32 Å². The molecule has 0 spiro atoms. The van der Waals surface area contributed by atoms with Gasteiger partial charge >= 0.3 is 0 Å². The lowest BCUT2D eigenvalue weighted by Gasteiger charge is -2.35. The smallest absolute Gasteiger partial charge is 0.244 e. The van der Waals surface area contributed by atoms with Crippen molar-refractivity contribution in [2.24, 2.45) is 0 Å². The van der Waals surface area contributed by atoms with Gasteiger partial charge in [0.15, 0.2) is 0 Å². The van der Waals surface area contributed by atoms with Gasteiger partial charge in [-0.3, -0.25) is 13.9 Å². The molecule has 0 aromatic heterocycles. The summed E-state index contributed by atoms with van der Waals surface area (Å²) in [6.07, 6.45) is 1.98. The number of hydrogen-bond donors (Lipinski definition) is 1. The van der Waals surface area contributed by atoms with E-state index in [1.54, 1.807) is 30.3 Å². The number of nitrogens with zero attached hydrogens (tertiary/aromatic N) is 2. The lowest BCUT2D eigenvalue weighted by molar-refractivity contribution is -0.140. The topological polar surface area (TPSA) is 86.8 Å². The van der Waals surface area contributed by atoms with Crippen molar-refractivity contribution in [1.29, 1.82) is 0 Å². The van der Waals surface area contributed by atoms with Gasteiger partial charge < -0.3 is 10.2 Å². The Hall–Kier alpha value is -3.07. The number of halogens is 2. The Morgan fingerprint density at radius 2 is 1.48 bits per heavy atom. The average molecular weight is 633 g/mol. The zero-order chi connectivity index (χ0) is 31.0. The van der Waals surface area contributed by atoms with Gasteiger partial charge in [-0.25, -0.2) is 8.42 Å². The minimum atomic E-state index is -3.89. The molecule has 0 fully saturated rings. The first-order valence-corrected chi connectivity index (χ1v) is 16.6. The molecule has 0 saturated carbocycles. The Kier molecular flexibility index (Phi) is 11.9. The Balaban J connectivity index is 2.14. The molecule has 0 saturated heterocycles. The highest BCUT2D eigenvalue weighted by Crippen LogP contribution is 2.31. The van der Waals surface area contributed by atoms with Crippen LogP contribution < -0.4 is 9.62 Å². The highest BCUT2D eigenvalue weighted by atomic mass is 35.5. The number of carbonyl (C=O) groups is 2. The summed E-state index contributed by atoms with van der Waals surface area (Å²) in [4.78, 5) is 29.5. The molecule has 0 aliphatic rings. The van der Waals surface area contributed by atoms with Crippen molar-refractivity contribution in [3.8, 4) is 0 Å². The van der Waals surface area contributed by atoms with E-state index in [9.17, 15) is 18.0 Å². The molecule has 3 aromatic carbocycles. The van der Waals surface area contributed by atoms with E-state index in [1.165, 1.54) is 4.90 Å². The number of hydrogen-bond acceptors (Lipinski definition) is 4. The molecule has 226 valence electrons. The zero-order valence-corrected chi connectivity index (χ0v) is 27.0. The summed E-state index contributed by atoms with van der Waals surface area (Å²) >= 11 is 13.1. The van der Waals surface area contributed by atoms with Gasteiger partial charge in [0, 0.05) is 34.6 Å². The van der Waals surface area contributed by atoms with Crippen LogP contribution in [0.4, 0.5) is 5.69 Å². The summed E-state index contributed by atoms with van der Waals surface area (Å²) in [6, 6.07) is 20.4. The number of rotatable bonds is 13. The van der Waals surface area contributed by atoms with Gasteiger partial charge in [-0.05, 0) is 48.6 Å². The monoisotopic (exact) mass is 631 g/mol. The van der Waals surface area contributed by atoms with Crippen LogP contribution in [-0.2, 0) is 32.6 Å². The number of sulfonamides is 1. The van der Waals surface area contributed by atoms with Gasteiger partial charge in [-0.1, -0.05) is 98.6 Å². The van der Waals surface area contributed by atoms with E-state index in [4.69, 9.17) is 23.2 Å². The Morgan fingerprint density at radius 3 is 2.05 bits per heavy atom. The van der Waals surface area contributed by atoms with Crippen LogP contribution in [0.1, 0.15) is 56.7 Å². The van der Waals surface area contributed by atoms with Crippen molar-refractivity contribution >= 4 is 50.7 Å². The minimum absolute atomic E-state index is 0.00530. The van der Waals surface area contributed by atoms with Gasteiger partial charge in [0.25, 0.3) is 0 Å². The Bertz CT molecular complexity index is 1460. The van der Waals surface area contributed by atoms with Crippen LogP contribution in [0.15, 0.2) is 72.8 Å². The first-order chi connectivity index (χ1) is 19.8. The number of carbonyl (C=O) groups excluding carboxylic acids is 2. The number of para-hydroxylation sites is 1. The first-order valence-electron chi connectivity index (χ1n) is 14.0. The molecule has 0 bridgehead atoms. The molecule has 0 aliphatic carbocycles. The molecule has 3 aromatic rings. The molecule has 1 N–H and O–H groups in total. The van der Waals surface area contributed by atoms with Crippen LogP contribution in [0.25, 0.3) is 0 Å². The molecular formula is C32H39Cl2N3O4S. The third-order valence-electron chi connectivity index (χ3n) is 7.17. The van der Waals surface area contributed by atoms with E-state index in [0.717, 1.165) is 21.7 Å². The fourth-order valence-electron chi connectivity index (χ4n) is 4.65. The summed E-state index contributed by atoms with van der Waals surface area (Å²) in [7, 11) is -3.89. The second kappa shape index (κ2) is 14.9. The van der Waals surface area contributed by atoms with Crippen molar-refractivity contribution in [2.45, 2.75) is 65.1 Å². The zero-order valence-electron chi connectivity index (χ0n) is 24.7. The molecule has 7 nitrogen and oxygen atoms in total. The average Bonchev–Trinajstić information content (AvgIpc) is 2.94. The minimum Gasteiger partial charge on any atom is -0.352 e. The van der Waals surface area contributed by atoms with E-state index in [0.29, 0.717) is 27.7 Å². The lowest BCUT2D eigenvalue weighted by atomic mass is 10.0. The lowest BCUT2D eigenvalue weighted by Crippen LogP contribution is -2.54. The molecule has 2 atom stereocenters. The van der Waals surface area contributed by atoms with Gasteiger partial charge in [-0.15, -0.1) is 0 Å². The van der Waals surface area contributed by atoms with Crippen molar-refractivity contribution in [3.05, 3.63) is 99.5 Å². The predicted octanol–water partition coefficient (Wildman–Crippen LogP) is 6.44. The van der Waals surface area contributed by atoms with E-state index < -0.39 is 28.5 Å². The van der Waals surface area contributed by atoms with Crippen molar-refractivity contribution < 1.29 is 18.0 Å². The molecule has 0 unspecified atom stereocenters. The molecule has 2 amide bonds. The number of nitrogens with one attached hydrogen (secondary N) is 1. The second-order valence-electron chi connectivity index (χ2n) is 10.7. The highest BCUT2D eigenvalue weighted by Gasteiger charge is 2.34. The Labute approximate surface area is 259 Å². The van der Waals surface area contributed by atoms with Gasteiger partial charge in [0.05, 0.1) is 11.9 Å². The molecule has 0 heterocycles. The standard InChI is InChI=1S/C32H39Cl2N3O4S/c1-6-23(4)35-32(39)30(19-24-13-8-7-9-14-24)36(20-26-27(33)16-12-17-28(26)34)31(38)21-37(42(5,40)41)29-18-11-10-15-25(29)22(2)3/h7-18,22-23,30H,6,19-21H2,1-5H3,(H,35,39)/t23-,30-/m0/s1. The third-order valence-corrected chi connectivity index (χ3v) is 9.00. The third kappa shape index (κ3) is 8.72. The van der Waals surface area contributed by atoms with Crippen LogP contribution in [0, 0.1) is 0 Å². The summed E-state index contributed by atoms with van der Waals surface area (Å²) < 4.78 is 27.4. The van der Waals surface area contributed by atoms with Gasteiger partial charge in [0.1, 0.15) is 12.6 Å². The summed E-state index contributed by atoms with van der Waals surface area (Å²) in [5.74, 6) is -0.904. The SMILES string of the molecule is CC[C@H](C)NC(=O)[C@H](Cc1ccccc1)N(Cc1c(Cl)cccc1Cl)C(=O)CN(c1ccccc1C(C)C)S(C)(=O)=O. The largest absolute Gasteiger partial charge is 0.352 e. The van der Waals surface area contributed by atoms with E-state index in [1.807, 2.05) is 70.2 Å². The van der Waals surface area contributed by atoms with Gasteiger partial charge in [0.2, 0.25) is 21.8 Å². The van der Waals surface area contributed by atoms with Gasteiger partial charge in [-0.2, -0.15) is 0 Å². The van der Waals surface area contributed by atoms with E-state index >= 15 is 0 Å². The van der Waals surface area contributed by atoms with E-state index in [-0.39, 0.29) is 30.8 Å². The summed E-state index contributed by atoms with van der Waals surface area (Å²) in [6.45, 7) is 7.17. The normalized spacial score (nSPS) is 13.0. The first kappa shape index (κ1) is 33.4. The molecule has 0 radical (unpaired) electrons. The summed E-state index contributed by atoms with van der Waals surface area (Å²) in [5, 5.41) is 3.69. The Morgan fingerprint density at radius 1 is 0.881 bits per heavy atom. The molecule has 3 rings (SSSR count). The molecule has 0 aliphatic heterocycles. The van der Waals surface area contributed by atoms with Crippen LogP contribution in [0.5, 0.6) is 0 Å². The van der Waals surface area contributed by atoms with Crippen molar-refractivity contribution in [3.63, 3.8) is 0 Å². The highest BCUT2D eigenvalue weighted by molar-refractivity contribution is 7.92. The van der Waals surface area contributed by atoms with Crippen LogP contribution in [0.3, 0.4) is 0 Å². The quantitative estimate of drug-likeness (QED) is 0.235. The van der Waals surface area contributed by atoms with Crippen LogP contribution in [-0.4, -0.2) is 50.0 Å². The number of benzene rings is 3. The fourth-order valence-corrected chi connectivity index (χ4v) is 6.03. The fraction of sp³-hybridized carbons (Fsp3) is 0.375. The van der Waals surface area contributed by atoms with Crippen molar-refractivity contribution in [1.82, 2.24) is 10.2 Å². The second-order valence-corrected chi connectivity index (χ2v) is 13.4. The maximum Gasteiger partial charge on any atom is 0.244 e. The summed E-state index contributed by atoms with van der Waals surface area (Å²) in [5.41, 5.74) is 2.52. The van der Waals surface area contributed by atoms with Crippen LogP contribution >= 0.6 is 23.2 Å². The molecular weight excluding hydrogens is 593 g/mol. The maximum absolute atomic E-state index is 14.3.